The summed E-state index contributed by atoms with van der Waals surface area (Å²) in [6, 6.07) is 6.82. The largest absolute Gasteiger partial charge is 0.366 e. The highest BCUT2D eigenvalue weighted by molar-refractivity contribution is 6.33. The van der Waals surface area contributed by atoms with Gasteiger partial charge in [-0.25, -0.2) is 0 Å². The normalized spacial score (nSPS) is 20.6. The highest BCUT2D eigenvalue weighted by atomic mass is 35.5. The highest BCUT2D eigenvalue weighted by Gasteiger charge is 2.25. The Bertz CT molecular complexity index is 450. The minimum atomic E-state index is 0.540. The van der Waals surface area contributed by atoms with Crippen molar-refractivity contribution in [2.24, 2.45) is 0 Å². The predicted molar refractivity (Wildman–Crippen MR) is 92.4 cm³/mol. The number of halogens is 1. The molecular weight excluding hydrogens is 282 g/mol. The third-order valence-corrected chi connectivity index (χ3v) is 4.60. The van der Waals surface area contributed by atoms with Gasteiger partial charge in [-0.3, -0.25) is 0 Å². The number of nitrogens with one attached hydrogen (secondary N) is 1. The molecule has 4 heteroatoms. The third-order valence-electron chi connectivity index (χ3n) is 4.30. The summed E-state index contributed by atoms with van der Waals surface area (Å²) >= 11 is 6.57. The molecular formula is C17H28ClN3. The van der Waals surface area contributed by atoms with Crippen LogP contribution in [0, 0.1) is 0 Å². The van der Waals surface area contributed by atoms with Crippen molar-refractivity contribution >= 4 is 17.3 Å². The summed E-state index contributed by atoms with van der Waals surface area (Å²) < 4.78 is 0. The van der Waals surface area contributed by atoms with Crippen LogP contribution in [0.1, 0.15) is 32.3 Å². The van der Waals surface area contributed by atoms with E-state index in [0.29, 0.717) is 6.04 Å². The molecule has 0 saturated carbocycles. The van der Waals surface area contributed by atoms with E-state index < -0.39 is 0 Å². The quantitative estimate of drug-likeness (QED) is 0.899. The number of nitrogens with zero attached hydrogens (tertiary/aromatic N) is 2. The van der Waals surface area contributed by atoms with Crippen LogP contribution in [0.2, 0.25) is 5.02 Å². The SMILES string of the molecule is CCNCc1cccc(Cl)c1N1CCCN(C)CC1CC. The van der Waals surface area contributed by atoms with Gasteiger partial charge in [-0.1, -0.05) is 37.6 Å². The Balaban J connectivity index is 2.33. The Morgan fingerprint density at radius 1 is 1.29 bits per heavy atom. The molecule has 0 radical (unpaired) electrons. The lowest BCUT2D eigenvalue weighted by Gasteiger charge is -2.34. The molecule has 0 amide bonds. The molecule has 1 unspecified atom stereocenters. The minimum absolute atomic E-state index is 0.540. The maximum atomic E-state index is 6.57. The van der Waals surface area contributed by atoms with E-state index in [4.69, 9.17) is 11.6 Å². The van der Waals surface area contributed by atoms with Gasteiger partial charge in [0.15, 0.2) is 0 Å². The Labute approximate surface area is 134 Å². The zero-order valence-corrected chi connectivity index (χ0v) is 14.3. The molecule has 1 aliphatic heterocycles. The first kappa shape index (κ1) is 16.6. The summed E-state index contributed by atoms with van der Waals surface area (Å²) in [5.74, 6) is 0. The number of para-hydroxylation sites is 1. The third kappa shape index (κ3) is 4.12. The molecule has 21 heavy (non-hydrogen) atoms. The summed E-state index contributed by atoms with van der Waals surface area (Å²) in [7, 11) is 2.22. The van der Waals surface area contributed by atoms with Crippen LogP contribution in [0.3, 0.4) is 0 Å². The minimum Gasteiger partial charge on any atom is -0.366 e. The van der Waals surface area contributed by atoms with Crippen LogP contribution in [-0.2, 0) is 6.54 Å². The Hall–Kier alpha value is -0.770. The first-order chi connectivity index (χ1) is 10.2. The molecule has 0 aliphatic carbocycles. The van der Waals surface area contributed by atoms with Crippen LogP contribution in [0.15, 0.2) is 18.2 Å². The molecule has 118 valence electrons. The van der Waals surface area contributed by atoms with Gasteiger partial charge in [-0.15, -0.1) is 0 Å². The van der Waals surface area contributed by atoms with Crippen molar-refractivity contribution in [3.63, 3.8) is 0 Å². The number of hydrogen-bond donors (Lipinski definition) is 1. The first-order valence-corrected chi connectivity index (χ1v) is 8.48. The molecule has 1 heterocycles. The fourth-order valence-electron chi connectivity index (χ4n) is 3.17. The number of benzene rings is 1. The maximum absolute atomic E-state index is 6.57. The van der Waals surface area contributed by atoms with Gasteiger partial charge in [-0.2, -0.15) is 0 Å². The molecule has 0 spiro atoms. The number of rotatable bonds is 5. The summed E-state index contributed by atoms with van der Waals surface area (Å²) in [6.45, 7) is 9.65. The van der Waals surface area contributed by atoms with E-state index in [-0.39, 0.29) is 0 Å². The fourth-order valence-corrected chi connectivity index (χ4v) is 3.47. The highest BCUT2D eigenvalue weighted by Crippen LogP contribution is 2.33. The van der Waals surface area contributed by atoms with E-state index in [1.807, 2.05) is 6.07 Å². The van der Waals surface area contributed by atoms with E-state index in [0.717, 1.165) is 37.6 Å². The monoisotopic (exact) mass is 309 g/mol. The zero-order valence-electron chi connectivity index (χ0n) is 13.5. The van der Waals surface area contributed by atoms with Gasteiger partial charge in [0, 0.05) is 25.7 Å². The lowest BCUT2D eigenvalue weighted by atomic mass is 10.1. The molecule has 1 saturated heterocycles. The lowest BCUT2D eigenvalue weighted by molar-refractivity contribution is 0.328. The number of hydrogen-bond acceptors (Lipinski definition) is 3. The number of anilines is 1. The lowest BCUT2D eigenvalue weighted by Crippen LogP contribution is -2.40. The second-order valence-electron chi connectivity index (χ2n) is 5.90. The standard InChI is InChI=1S/C17H28ClN3/c1-4-15-13-20(3)10-7-11-21(15)17-14(12-19-5-2)8-6-9-16(17)18/h6,8-9,15,19H,4-5,7,10-13H2,1-3H3. The summed E-state index contributed by atoms with van der Waals surface area (Å²) in [6.07, 6.45) is 2.34. The van der Waals surface area contributed by atoms with E-state index in [2.05, 4.69) is 48.1 Å². The van der Waals surface area contributed by atoms with Crippen LogP contribution in [0.25, 0.3) is 0 Å². The molecule has 0 bridgehead atoms. The summed E-state index contributed by atoms with van der Waals surface area (Å²) in [5.41, 5.74) is 2.55. The fraction of sp³-hybridized carbons (Fsp3) is 0.647. The van der Waals surface area contributed by atoms with Gasteiger partial charge < -0.3 is 15.1 Å². The van der Waals surface area contributed by atoms with Crippen molar-refractivity contribution in [2.75, 3.05) is 38.1 Å². The first-order valence-electron chi connectivity index (χ1n) is 8.10. The smallest absolute Gasteiger partial charge is 0.0643 e. The molecule has 1 aromatic carbocycles. The van der Waals surface area contributed by atoms with Crippen LogP contribution >= 0.6 is 11.6 Å². The Morgan fingerprint density at radius 2 is 2.10 bits per heavy atom. The van der Waals surface area contributed by atoms with Gasteiger partial charge in [0.05, 0.1) is 10.7 Å². The second kappa shape index (κ2) is 8.02. The molecule has 1 N–H and O–H groups in total. The zero-order chi connectivity index (χ0) is 15.2. The molecule has 0 aromatic heterocycles. The van der Waals surface area contributed by atoms with Gasteiger partial charge in [-0.05, 0) is 44.6 Å². The van der Waals surface area contributed by atoms with Crippen molar-refractivity contribution in [3.8, 4) is 0 Å². The molecule has 3 nitrogen and oxygen atoms in total. The summed E-state index contributed by atoms with van der Waals surface area (Å²) in [5, 5.41) is 4.32. The van der Waals surface area contributed by atoms with E-state index in [1.54, 1.807) is 0 Å². The van der Waals surface area contributed by atoms with Crippen LogP contribution < -0.4 is 10.2 Å². The molecule has 1 aliphatic rings. The van der Waals surface area contributed by atoms with Crippen molar-refractivity contribution in [1.82, 2.24) is 10.2 Å². The number of likely N-dealkylation sites (N-methyl/N-ethyl adjacent to an activating group) is 1. The average molecular weight is 310 g/mol. The van der Waals surface area contributed by atoms with Crippen molar-refractivity contribution in [3.05, 3.63) is 28.8 Å². The van der Waals surface area contributed by atoms with Crippen molar-refractivity contribution in [2.45, 2.75) is 39.3 Å². The molecule has 1 atom stereocenters. The van der Waals surface area contributed by atoms with E-state index >= 15 is 0 Å². The molecule has 1 fully saturated rings. The topological polar surface area (TPSA) is 18.5 Å². The Kier molecular flexibility index (Phi) is 6.34. The second-order valence-corrected chi connectivity index (χ2v) is 6.31. The van der Waals surface area contributed by atoms with Gasteiger partial charge in [0.2, 0.25) is 0 Å². The molecule has 2 rings (SSSR count). The Morgan fingerprint density at radius 3 is 2.81 bits per heavy atom. The maximum Gasteiger partial charge on any atom is 0.0643 e. The van der Waals surface area contributed by atoms with Crippen molar-refractivity contribution in [1.29, 1.82) is 0 Å². The average Bonchev–Trinajstić information content (AvgIpc) is 2.66. The van der Waals surface area contributed by atoms with Crippen LogP contribution in [-0.4, -0.2) is 44.2 Å². The summed E-state index contributed by atoms with van der Waals surface area (Å²) in [4.78, 5) is 4.98. The van der Waals surface area contributed by atoms with Crippen LogP contribution in [0.4, 0.5) is 5.69 Å². The van der Waals surface area contributed by atoms with E-state index in [9.17, 15) is 0 Å². The van der Waals surface area contributed by atoms with Gasteiger partial charge >= 0.3 is 0 Å². The van der Waals surface area contributed by atoms with E-state index in [1.165, 1.54) is 24.2 Å². The van der Waals surface area contributed by atoms with Crippen molar-refractivity contribution < 1.29 is 0 Å². The van der Waals surface area contributed by atoms with Gasteiger partial charge in [0.1, 0.15) is 0 Å². The predicted octanol–water partition coefficient (Wildman–Crippen LogP) is 3.37. The molecule has 1 aromatic rings. The van der Waals surface area contributed by atoms with Gasteiger partial charge in [0.25, 0.3) is 0 Å². The van der Waals surface area contributed by atoms with Crippen LogP contribution in [0.5, 0.6) is 0 Å².